The molecular weight excluding hydrogens is 240 g/mol. The van der Waals surface area contributed by atoms with E-state index in [4.69, 9.17) is 0 Å². The van der Waals surface area contributed by atoms with Crippen molar-refractivity contribution < 1.29 is 0 Å². The molecule has 116 valence electrons. The van der Waals surface area contributed by atoms with Crippen molar-refractivity contribution in [2.75, 3.05) is 0 Å². The second-order valence-corrected chi connectivity index (χ2v) is 9.00. The van der Waals surface area contributed by atoms with E-state index < -0.39 is 0 Å². The van der Waals surface area contributed by atoms with Gasteiger partial charge in [0.25, 0.3) is 0 Å². The van der Waals surface area contributed by atoms with Crippen molar-refractivity contribution in [2.24, 2.45) is 46.8 Å². The first-order valence-corrected chi connectivity index (χ1v) is 9.50. The Labute approximate surface area is 127 Å². The van der Waals surface area contributed by atoms with Crippen molar-refractivity contribution in [3.63, 3.8) is 0 Å². The fraction of sp³-hybridized carbons (Fsp3) is 1.00. The lowest BCUT2D eigenvalue weighted by Gasteiger charge is -2.53. The molecule has 6 atom stereocenters. The van der Waals surface area contributed by atoms with Gasteiger partial charge in [0.15, 0.2) is 0 Å². The Morgan fingerprint density at radius 3 is 2.35 bits per heavy atom. The first-order valence-electron chi connectivity index (χ1n) is 9.50. The van der Waals surface area contributed by atoms with Gasteiger partial charge in [-0.1, -0.05) is 60.3 Å². The molecule has 3 rings (SSSR count). The van der Waals surface area contributed by atoms with E-state index in [1.54, 1.807) is 0 Å². The molecule has 6 unspecified atom stereocenters. The van der Waals surface area contributed by atoms with E-state index in [2.05, 4.69) is 34.6 Å². The third-order valence-electron chi connectivity index (χ3n) is 7.57. The third-order valence-corrected chi connectivity index (χ3v) is 7.57. The van der Waals surface area contributed by atoms with Gasteiger partial charge in [-0.2, -0.15) is 0 Å². The Kier molecular flexibility index (Phi) is 3.97. The zero-order valence-corrected chi connectivity index (χ0v) is 14.5. The van der Waals surface area contributed by atoms with E-state index in [1.165, 1.54) is 44.9 Å². The molecule has 0 spiro atoms. The van der Waals surface area contributed by atoms with Crippen molar-refractivity contribution in [1.29, 1.82) is 0 Å². The minimum Gasteiger partial charge on any atom is -0.0654 e. The molecule has 0 amide bonds. The van der Waals surface area contributed by atoms with E-state index in [-0.39, 0.29) is 0 Å². The highest BCUT2D eigenvalue weighted by Crippen LogP contribution is 2.82. The molecule has 0 bridgehead atoms. The first kappa shape index (κ1) is 14.9. The van der Waals surface area contributed by atoms with Gasteiger partial charge in [-0.15, -0.1) is 0 Å². The molecule has 0 N–H and O–H groups in total. The van der Waals surface area contributed by atoms with Crippen molar-refractivity contribution in [1.82, 2.24) is 0 Å². The number of hydrogen-bond acceptors (Lipinski definition) is 0. The van der Waals surface area contributed by atoms with Crippen LogP contribution in [0.3, 0.4) is 0 Å². The molecule has 0 aromatic rings. The Bertz CT molecular complexity index is 336. The Morgan fingerprint density at radius 1 is 1.15 bits per heavy atom. The van der Waals surface area contributed by atoms with Crippen LogP contribution in [0.5, 0.6) is 0 Å². The van der Waals surface area contributed by atoms with Crippen LogP contribution in [0.4, 0.5) is 0 Å². The molecule has 0 aromatic heterocycles. The largest absolute Gasteiger partial charge is 0.0654 e. The summed E-state index contributed by atoms with van der Waals surface area (Å²) in [6.45, 7) is 12.5. The van der Waals surface area contributed by atoms with Gasteiger partial charge in [-0.3, -0.25) is 0 Å². The Hall–Kier alpha value is 0. The highest BCUT2D eigenvalue weighted by Gasteiger charge is 2.77. The molecule has 0 radical (unpaired) electrons. The van der Waals surface area contributed by atoms with E-state index >= 15 is 0 Å². The van der Waals surface area contributed by atoms with E-state index in [1.807, 2.05) is 0 Å². The van der Waals surface area contributed by atoms with Crippen LogP contribution in [0, 0.1) is 46.8 Å². The highest BCUT2D eigenvalue weighted by molar-refractivity contribution is 5.24. The van der Waals surface area contributed by atoms with Gasteiger partial charge in [-0.05, 0) is 66.1 Å². The van der Waals surface area contributed by atoms with Crippen molar-refractivity contribution in [3.8, 4) is 0 Å². The average molecular weight is 277 g/mol. The van der Waals surface area contributed by atoms with Crippen LogP contribution in [0.1, 0.15) is 79.6 Å². The fourth-order valence-electron chi connectivity index (χ4n) is 6.05. The highest BCUT2D eigenvalue weighted by atomic mass is 14.8. The second-order valence-electron chi connectivity index (χ2n) is 9.00. The minimum atomic E-state index is 0.754. The predicted octanol–water partition coefficient (Wildman–Crippen LogP) is 6.16. The number of unbranched alkanes of at least 4 members (excludes halogenated alkanes) is 2. The second kappa shape index (κ2) is 5.33. The van der Waals surface area contributed by atoms with Crippen LogP contribution < -0.4 is 0 Å². The first-order chi connectivity index (χ1) is 9.50. The molecule has 0 aliphatic heterocycles. The summed E-state index contributed by atoms with van der Waals surface area (Å²) in [7, 11) is 0. The standard InChI is InChI=1S/C20H36/c1-6-7-8-9-13(2)12-14(3)16-10-11-20(16,5)19-17-15(4)18(17)19/h13-19H,6-12H2,1-5H3. The third kappa shape index (κ3) is 2.35. The van der Waals surface area contributed by atoms with Gasteiger partial charge in [0.1, 0.15) is 0 Å². The molecule has 0 saturated heterocycles. The zero-order chi connectivity index (χ0) is 14.5. The van der Waals surface area contributed by atoms with Crippen LogP contribution >= 0.6 is 0 Å². The lowest BCUT2D eigenvalue weighted by Crippen LogP contribution is -2.45. The number of hydrogen-bond donors (Lipinski definition) is 0. The summed E-state index contributed by atoms with van der Waals surface area (Å²) < 4.78 is 0. The molecule has 3 aliphatic rings. The summed E-state index contributed by atoms with van der Waals surface area (Å²) in [5.74, 6) is 7.56. The zero-order valence-electron chi connectivity index (χ0n) is 14.5. The monoisotopic (exact) mass is 276 g/mol. The maximum absolute atomic E-state index is 2.64. The van der Waals surface area contributed by atoms with Gasteiger partial charge in [0, 0.05) is 0 Å². The SMILES string of the molecule is CCCCCC(C)CC(C)C1CCC1(C)C1C2C(C)C21. The van der Waals surface area contributed by atoms with Crippen LogP contribution in [0.15, 0.2) is 0 Å². The smallest absolute Gasteiger partial charge is 0.0261 e. The van der Waals surface area contributed by atoms with Crippen LogP contribution in [0.2, 0.25) is 0 Å². The Morgan fingerprint density at radius 2 is 1.85 bits per heavy atom. The van der Waals surface area contributed by atoms with Crippen molar-refractivity contribution in [3.05, 3.63) is 0 Å². The molecule has 3 fully saturated rings. The number of fused-ring (bicyclic) bond motifs is 1. The van der Waals surface area contributed by atoms with Gasteiger partial charge < -0.3 is 0 Å². The quantitative estimate of drug-likeness (QED) is 0.466. The van der Waals surface area contributed by atoms with Crippen molar-refractivity contribution in [2.45, 2.75) is 79.6 Å². The van der Waals surface area contributed by atoms with Gasteiger partial charge in [-0.25, -0.2) is 0 Å². The fourth-order valence-corrected chi connectivity index (χ4v) is 6.05. The van der Waals surface area contributed by atoms with Gasteiger partial charge in [0.2, 0.25) is 0 Å². The van der Waals surface area contributed by atoms with E-state index in [0.29, 0.717) is 0 Å². The average Bonchev–Trinajstić information content (AvgIpc) is 3.25. The normalized spacial score (nSPS) is 48.1. The van der Waals surface area contributed by atoms with Gasteiger partial charge in [0.05, 0.1) is 0 Å². The van der Waals surface area contributed by atoms with Gasteiger partial charge >= 0.3 is 0 Å². The van der Waals surface area contributed by atoms with Crippen molar-refractivity contribution >= 4 is 0 Å². The summed E-state index contributed by atoms with van der Waals surface area (Å²) in [4.78, 5) is 0. The summed E-state index contributed by atoms with van der Waals surface area (Å²) in [5, 5.41) is 0. The van der Waals surface area contributed by atoms with E-state index in [9.17, 15) is 0 Å². The summed E-state index contributed by atoms with van der Waals surface area (Å²) in [6, 6.07) is 0. The summed E-state index contributed by atoms with van der Waals surface area (Å²) in [6.07, 6.45) is 10.3. The van der Waals surface area contributed by atoms with Crippen LogP contribution in [-0.4, -0.2) is 0 Å². The summed E-state index contributed by atoms with van der Waals surface area (Å²) in [5.41, 5.74) is 0.754. The molecule has 3 aliphatic carbocycles. The summed E-state index contributed by atoms with van der Waals surface area (Å²) >= 11 is 0. The van der Waals surface area contributed by atoms with Crippen LogP contribution in [-0.2, 0) is 0 Å². The maximum Gasteiger partial charge on any atom is -0.0261 e. The molecule has 0 heterocycles. The lowest BCUT2D eigenvalue weighted by molar-refractivity contribution is -0.0402. The molecule has 3 saturated carbocycles. The number of rotatable bonds is 8. The lowest BCUT2D eigenvalue weighted by atomic mass is 9.52. The molecular formula is C20H36. The molecule has 0 aromatic carbocycles. The Balaban J connectivity index is 1.44. The molecule has 20 heavy (non-hydrogen) atoms. The van der Waals surface area contributed by atoms with Crippen LogP contribution in [0.25, 0.3) is 0 Å². The van der Waals surface area contributed by atoms with E-state index in [0.717, 1.165) is 46.8 Å². The minimum absolute atomic E-state index is 0.754. The molecule has 0 nitrogen and oxygen atoms in total. The maximum atomic E-state index is 2.64. The molecule has 0 heteroatoms. The topological polar surface area (TPSA) is 0 Å². The predicted molar refractivity (Wildman–Crippen MR) is 87.6 cm³/mol.